The zero-order valence-electron chi connectivity index (χ0n) is 16.3. The van der Waals surface area contributed by atoms with Gasteiger partial charge in [0.25, 0.3) is 0 Å². The van der Waals surface area contributed by atoms with E-state index in [1.54, 1.807) is 12.1 Å². The average Bonchev–Trinajstić information content (AvgIpc) is 3.32. The van der Waals surface area contributed by atoms with Gasteiger partial charge in [0.1, 0.15) is 17.1 Å². The number of aromatic nitrogens is 2. The zero-order valence-corrected chi connectivity index (χ0v) is 16.3. The van der Waals surface area contributed by atoms with E-state index >= 15 is 0 Å². The first-order valence-corrected chi connectivity index (χ1v) is 9.38. The summed E-state index contributed by atoms with van der Waals surface area (Å²) in [6.07, 6.45) is 1.53. The summed E-state index contributed by atoms with van der Waals surface area (Å²) in [5.74, 6) is 0.721. The molecule has 0 atom stereocenters. The van der Waals surface area contributed by atoms with Crippen LogP contribution >= 0.6 is 0 Å². The first-order chi connectivity index (χ1) is 13.9. The Kier molecular flexibility index (Phi) is 3.68. The van der Waals surface area contributed by atoms with Crippen LogP contribution in [0.5, 0.6) is 0 Å². The molecule has 1 aliphatic carbocycles. The van der Waals surface area contributed by atoms with Crippen molar-refractivity contribution in [1.82, 2.24) is 9.55 Å². The SMILES string of the molecule is Cc1cc2c(cc1C)C(=O)C(=Cc1cc3c(nc(-c4ccccc4)n3C)o1)C2=O. The topological polar surface area (TPSA) is 65.1 Å². The third kappa shape index (κ3) is 2.58. The molecule has 0 N–H and O–H groups in total. The monoisotopic (exact) mass is 382 g/mol. The van der Waals surface area contributed by atoms with Crippen LogP contribution in [0.4, 0.5) is 0 Å². The van der Waals surface area contributed by atoms with Gasteiger partial charge in [-0.2, -0.15) is 4.98 Å². The fourth-order valence-corrected chi connectivity index (χ4v) is 3.77. The van der Waals surface area contributed by atoms with Crippen molar-refractivity contribution in [3.63, 3.8) is 0 Å². The number of hydrogen-bond donors (Lipinski definition) is 0. The van der Waals surface area contributed by atoms with Gasteiger partial charge in [-0.25, -0.2) is 0 Å². The molecule has 2 aromatic carbocycles. The minimum Gasteiger partial charge on any atom is -0.437 e. The maximum Gasteiger partial charge on any atom is 0.245 e. The Morgan fingerprint density at radius 2 is 1.55 bits per heavy atom. The lowest BCUT2D eigenvalue weighted by atomic mass is 10.0. The molecule has 0 radical (unpaired) electrons. The molecule has 0 bridgehead atoms. The van der Waals surface area contributed by atoms with E-state index in [1.807, 2.05) is 61.9 Å². The van der Waals surface area contributed by atoms with E-state index in [1.165, 1.54) is 6.08 Å². The van der Waals surface area contributed by atoms with Crippen LogP contribution < -0.4 is 0 Å². The summed E-state index contributed by atoms with van der Waals surface area (Å²) in [6, 6.07) is 15.2. The molecule has 4 aromatic rings. The van der Waals surface area contributed by atoms with Gasteiger partial charge in [-0.3, -0.25) is 9.59 Å². The Morgan fingerprint density at radius 3 is 2.14 bits per heavy atom. The van der Waals surface area contributed by atoms with Crippen LogP contribution in [0, 0.1) is 13.8 Å². The number of aryl methyl sites for hydroxylation is 3. The van der Waals surface area contributed by atoms with Crippen molar-refractivity contribution in [3.05, 3.63) is 82.1 Å². The molecule has 5 rings (SSSR count). The molecule has 0 saturated carbocycles. The first-order valence-electron chi connectivity index (χ1n) is 9.38. The van der Waals surface area contributed by atoms with Crippen molar-refractivity contribution in [3.8, 4) is 11.4 Å². The van der Waals surface area contributed by atoms with Gasteiger partial charge in [-0.1, -0.05) is 30.3 Å². The standard InChI is InChI=1S/C24H18N2O3/c1-13-9-17-18(10-14(13)2)22(28)19(21(17)27)11-16-12-20-24(29-16)25-23(26(20)3)15-7-5-4-6-8-15/h4-12H,1-3H3. The lowest BCUT2D eigenvalue weighted by Gasteiger charge is -2.01. The molecule has 0 amide bonds. The number of fused-ring (bicyclic) bond motifs is 2. The highest BCUT2D eigenvalue weighted by Crippen LogP contribution is 2.32. The van der Waals surface area contributed by atoms with Gasteiger partial charge in [0, 0.05) is 29.8 Å². The van der Waals surface area contributed by atoms with E-state index in [-0.39, 0.29) is 17.1 Å². The van der Waals surface area contributed by atoms with Crippen molar-refractivity contribution in [1.29, 1.82) is 0 Å². The normalized spacial score (nSPS) is 13.4. The minimum atomic E-state index is -0.258. The smallest absolute Gasteiger partial charge is 0.245 e. The molecule has 5 nitrogen and oxygen atoms in total. The number of nitrogens with zero attached hydrogens (tertiary/aromatic N) is 2. The van der Waals surface area contributed by atoms with Gasteiger partial charge < -0.3 is 8.98 Å². The number of ketones is 2. The Labute approximate surface area is 167 Å². The molecule has 0 saturated heterocycles. The maximum atomic E-state index is 12.8. The number of imidazole rings is 1. The number of carbonyl (C=O) groups excluding carboxylic acids is 2. The van der Waals surface area contributed by atoms with Crippen LogP contribution in [0.25, 0.3) is 28.7 Å². The molecule has 2 heterocycles. The molecule has 0 fully saturated rings. The summed E-state index contributed by atoms with van der Waals surface area (Å²) >= 11 is 0. The quantitative estimate of drug-likeness (QED) is 0.365. The molecule has 0 aliphatic heterocycles. The second-order valence-corrected chi connectivity index (χ2v) is 7.40. The summed E-state index contributed by atoms with van der Waals surface area (Å²) in [7, 11) is 1.91. The second kappa shape index (κ2) is 6.14. The Bertz CT molecular complexity index is 1310. The number of Topliss-reactive ketones (excluding diaryl/α,β-unsaturated/α-hetero) is 2. The summed E-state index contributed by atoms with van der Waals surface area (Å²) in [4.78, 5) is 30.1. The molecule has 29 heavy (non-hydrogen) atoms. The molecule has 5 heteroatoms. The predicted molar refractivity (Wildman–Crippen MR) is 111 cm³/mol. The van der Waals surface area contributed by atoms with Crippen LogP contribution in [-0.4, -0.2) is 21.1 Å². The van der Waals surface area contributed by atoms with Crippen molar-refractivity contribution in [2.45, 2.75) is 13.8 Å². The van der Waals surface area contributed by atoms with Crippen molar-refractivity contribution >= 4 is 28.9 Å². The van der Waals surface area contributed by atoms with Gasteiger partial charge in [0.15, 0.2) is 11.6 Å². The van der Waals surface area contributed by atoms with Crippen molar-refractivity contribution < 1.29 is 14.0 Å². The number of benzene rings is 2. The van der Waals surface area contributed by atoms with Crippen LogP contribution in [0.3, 0.4) is 0 Å². The van der Waals surface area contributed by atoms with Gasteiger partial charge in [0.05, 0.1) is 5.57 Å². The molecule has 1 aliphatic rings. The fourth-order valence-electron chi connectivity index (χ4n) is 3.77. The van der Waals surface area contributed by atoms with E-state index in [0.29, 0.717) is 22.6 Å². The summed E-state index contributed by atoms with van der Waals surface area (Å²) < 4.78 is 7.78. The molecule has 0 spiro atoms. The molecule has 0 unspecified atom stereocenters. The van der Waals surface area contributed by atoms with E-state index in [0.717, 1.165) is 28.0 Å². The summed E-state index contributed by atoms with van der Waals surface area (Å²) in [5, 5.41) is 0. The number of hydrogen-bond acceptors (Lipinski definition) is 4. The number of furan rings is 1. The molecule has 2 aromatic heterocycles. The summed E-state index contributed by atoms with van der Waals surface area (Å²) in [6.45, 7) is 3.87. The lowest BCUT2D eigenvalue weighted by molar-refractivity contribution is 0.0990. The fraction of sp³-hybridized carbons (Fsp3) is 0.125. The van der Waals surface area contributed by atoms with E-state index < -0.39 is 0 Å². The van der Waals surface area contributed by atoms with Gasteiger partial charge >= 0.3 is 0 Å². The lowest BCUT2D eigenvalue weighted by Crippen LogP contribution is -2.00. The Balaban J connectivity index is 1.56. The third-order valence-corrected chi connectivity index (χ3v) is 5.53. The Hall–Kier alpha value is -3.73. The van der Waals surface area contributed by atoms with Crippen LogP contribution in [0.1, 0.15) is 37.6 Å². The highest BCUT2D eigenvalue weighted by atomic mass is 16.3. The van der Waals surface area contributed by atoms with Crippen LogP contribution in [-0.2, 0) is 7.05 Å². The van der Waals surface area contributed by atoms with Crippen molar-refractivity contribution in [2.24, 2.45) is 7.05 Å². The summed E-state index contributed by atoms with van der Waals surface area (Å²) in [5.41, 5.74) is 5.31. The molecular weight excluding hydrogens is 364 g/mol. The van der Waals surface area contributed by atoms with E-state index in [4.69, 9.17) is 4.42 Å². The van der Waals surface area contributed by atoms with Crippen LogP contribution in [0.15, 0.2) is 58.5 Å². The van der Waals surface area contributed by atoms with Crippen molar-refractivity contribution in [2.75, 3.05) is 0 Å². The molecule has 142 valence electrons. The third-order valence-electron chi connectivity index (χ3n) is 5.53. The number of allylic oxidation sites excluding steroid dienone is 1. The predicted octanol–water partition coefficient (Wildman–Crippen LogP) is 4.91. The van der Waals surface area contributed by atoms with Gasteiger partial charge in [-0.05, 0) is 43.2 Å². The molecular formula is C24H18N2O3. The maximum absolute atomic E-state index is 12.8. The van der Waals surface area contributed by atoms with Gasteiger partial charge in [-0.15, -0.1) is 0 Å². The first kappa shape index (κ1) is 17.4. The number of carbonyl (C=O) groups is 2. The zero-order chi connectivity index (χ0) is 20.3. The number of rotatable bonds is 2. The highest BCUT2D eigenvalue weighted by Gasteiger charge is 2.34. The largest absolute Gasteiger partial charge is 0.437 e. The highest BCUT2D eigenvalue weighted by molar-refractivity contribution is 6.41. The van der Waals surface area contributed by atoms with E-state index in [9.17, 15) is 9.59 Å². The minimum absolute atomic E-state index is 0.132. The van der Waals surface area contributed by atoms with E-state index in [2.05, 4.69) is 4.98 Å². The second-order valence-electron chi connectivity index (χ2n) is 7.40. The van der Waals surface area contributed by atoms with Gasteiger partial charge in [0.2, 0.25) is 5.71 Å². The van der Waals surface area contributed by atoms with Crippen LogP contribution in [0.2, 0.25) is 0 Å². The Morgan fingerprint density at radius 1 is 0.931 bits per heavy atom. The average molecular weight is 382 g/mol.